The van der Waals surface area contributed by atoms with Crippen LogP contribution in [0.1, 0.15) is 28.1 Å². The van der Waals surface area contributed by atoms with Crippen molar-refractivity contribution in [1.29, 1.82) is 0 Å². The molecule has 0 fully saturated rings. The van der Waals surface area contributed by atoms with Gasteiger partial charge in [0, 0.05) is 18.2 Å². The highest BCUT2D eigenvalue weighted by atomic mass is 16.3. The van der Waals surface area contributed by atoms with E-state index in [0.717, 1.165) is 5.69 Å². The molecule has 0 atom stereocenters. The fraction of sp³-hybridized carbons (Fsp3) is 0.375. The Kier molecular flexibility index (Phi) is 3.96. The zero-order valence-electron chi connectivity index (χ0n) is 12.0. The van der Waals surface area contributed by atoms with Crippen LogP contribution in [0.2, 0.25) is 0 Å². The van der Waals surface area contributed by atoms with Gasteiger partial charge in [-0.3, -0.25) is 0 Å². The molecule has 19 heavy (non-hydrogen) atoms. The van der Waals surface area contributed by atoms with Crippen LogP contribution in [0.25, 0.3) is 11.3 Å². The van der Waals surface area contributed by atoms with Crippen LogP contribution in [0.5, 0.6) is 0 Å². The number of aromatic nitrogens is 2. The molecule has 2 aromatic rings. The first-order valence-corrected chi connectivity index (χ1v) is 6.55. The zero-order chi connectivity index (χ0) is 14.0. The number of hydrogen-bond acceptors (Lipinski definition) is 3. The standard InChI is InChI=1S/C16H20N2O/c1-10-9-11(2)13(4)16(12(10)3)14-5-7-17-15(18-14)6-8-19/h5,7,9,19H,6,8H2,1-4H3. The van der Waals surface area contributed by atoms with Gasteiger partial charge < -0.3 is 5.11 Å². The molecule has 0 aliphatic carbocycles. The molecule has 0 aliphatic rings. The molecule has 1 aromatic heterocycles. The van der Waals surface area contributed by atoms with Crippen molar-refractivity contribution in [2.75, 3.05) is 6.61 Å². The number of rotatable bonds is 3. The van der Waals surface area contributed by atoms with Crippen molar-refractivity contribution < 1.29 is 5.11 Å². The molecule has 0 radical (unpaired) electrons. The van der Waals surface area contributed by atoms with E-state index in [9.17, 15) is 0 Å². The first kappa shape index (κ1) is 13.7. The van der Waals surface area contributed by atoms with Crippen LogP contribution in [0.3, 0.4) is 0 Å². The van der Waals surface area contributed by atoms with Gasteiger partial charge in [0.15, 0.2) is 0 Å². The minimum Gasteiger partial charge on any atom is -0.396 e. The summed E-state index contributed by atoms with van der Waals surface area (Å²) in [4.78, 5) is 8.75. The highest BCUT2D eigenvalue weighted by Gasteiger charge is 2.12. The molecule has 3 heteroatoms. The second-order valence-electron chi connectivity index (χ2n) is 4.97. The van der Waals surface area contributed by atoms with Gasteiger partial charge in [-0.25, -0.2) is 9.97 Å². The van der Waals surface area contributed by atoms with Crippen LogP contribution < -0.4 is 0 Å². The molecular formula is C16H20N2O. The second-order valence-corrected chi connectivity index (χ2v) is 4.97. The van der Waals surface area contributed by atoms with Gasteiger partial charge in [0.1, 0.15) is 5.82 Å². The van der Waals surface area contributed by atoms with E-state index in [1.807, 2.05) is 6.07 Å². The van der Waals surface area contributed by atoms with E-state index >= 15 is 0 Å². The predicted molar refractivity (Wildman–Crippen MR) is 77.2 cm³/mol. The highest BCUT2D eigenvalue weighted by molar-refractivity contribution is 5.70. The van der Waals surface area contributed by atoms with Crippen LogP contribution in [0.4, 0.5) is 0 Å². The van der Waals surface area contributed by atoms with Crippen LogP contribution in [-0.2, 0) is 6.42 Å². The van der Waals surface area contributed by atoms with Gasteiger partial charge in [-0.05, 0) is 56.0 Å². The number of aliphatic hydroxyl groups is 1. The summed E-state index contributed by atoms with van der Waals surface area (Å²) in [6.07, 6.45) is 2.26. The van der Waals surface area contributed by atoms with E-state index < -0.39 is 0 Å². The van der Waals surface area contributed by atoms with Crippen molar-refractivity contribution >= 4 is 0 Å². The van der Waals surface area contributed by atoms with Gasteiger partial charge in [-0.1, -0.05) is 6.07 Å². The minimum absolute atomic E-state index is 0.0776. The third-order valence-corrected chi connectivity index (χ3v) is 3.66. The van der Waals surface area contributed by atoms with Gasteiger partial charge in [0.25, 0.3) is 0 Å². The fourth-order valence-corrected chi connectivity index (χ4v) is 2.36. The van der Waals surface area contributed by atoms with E-state index in [1.54, 1.807) is 6.20 Å². The number of benzene rings is 1. The van der Waals surface area contributed by atoms with Crippen molar-refractivity contribution in [1.82, 2.24) is 9.97 Å². The van der Waals surface area contributed by atoms with Crippen LogP contribution in [0, 0.1) is 27.7 Å². The molecule has 0 bridgehead atoms. The second kappa shape index (κ2) is 5.49. The van der Waals surface area contributed by atoms with E-state index in [1.165, 1.54) is 27.8 Å². The van der Waals surface area contributed by atoms with Crippen molar-refractivity contribution in [3.05, 3.63) is 46.4 Å². The average molecular weight is 256 g/mol. The molecular weight excluding hydrogens is 236 g/mol. The average Bonchev–Trinajstić information content (AvgIpc) is 2.38. The topological polar surface area (TPSA) is 46.0 Å². The molecule has 1 aromatic carbocycles. The van der Waals surface area contributed by atoms with Crippen molar-refractivity contribution in [3.8, 4) is 11.3 Å². The Morgan fingerprint density at radius 2 is 1.68 bits per heavy atom. The fourth-order valence-electron chi connectivity index (χ4n) is 2.36. The molecule has 0 aliphatic heterocycles. The number of aliphatic hydroxyl groups excluding tert-OH is 1. The summed E-state index contributed by atoms with van der Waals surface area (Å²) in [5.41, 5.74) is 7.22. The van der Waals surface area contributed by atoms with Gasteiger partial charge >= 0.3 is 0 Å². The smallest absolute Gasteiger partial charge is 0.131 e. The molecule has 0 saturated heterocycles. The molecule has 2 rings (SSSR count). The Hall–Kier alpha value is -1.74. The number of aryl methyl sites for hydroxylation is 2. The first-order chi connectivity index (χ1) is 9.04. The maximum absolute atomic E-state index is 9.00. The first-order valence-electron chi connectivity index (χ1n) is 6.55. The lowest BCUT2D eigenvalue weighted by Crippen LogP contribution is -2.02. The molecule has 1 N–H and O–H groups in total. The molecule has 3 nitrogen and oxygen atoms in total. The minimum atomic E-state index is 0.0776. The van der Waals surface area contributed by atoms with Crippen molar-refractivity contribution in [3.63, 3.8) is 0 Å². The van der Waals surface area contributed by atoms with E-state index in [4.69, 9.17) is 5.11 Å². The maximum atomic E-state index is 9.00. The summed E-state index contributed by atoms with van der Waals surface area (Å²) < 4.78 is 0. The van der Waals surface area contributed by atoms with Gasteiger partial charge in [-0.2, -0.15) is 0 Å². The summed E-state index contributed by atoms with van der Waals surface area (Å²) in [6, 6.07) is 4.15. The summed E-state index contributed by atoms with van der Waals surface area (Å²) in [5.74, 6) is 0.693. The summed E-state index contributed by atoms with van der Waals surface area (Å²) in [7, 11) is 0. The van der Waals surface area contributed by atoms with Gasteiger partial charge in [-0.15, -0.1) is 0 Å². The Balaban J connectivity index is 2.61. The molecule has 0 unspecified atom stereocenters. The molecule has 1 heterocycles. The van der Waals surface area contributed by atoms with Crippen LogP contribution in [-0.4, -0.2) is 21.7 Å². The lowest BCUT2D eigenvalue weighted by atomic mass is 9.92. The van der Waals surface area contributed by atoms with E-state index in [0.29, 0.717) is 12.2 Å². The normalized spacial score (nSPS) is 10.8. The lowest BCUT2D eigenvalue weighted by Gasteiger charge is -2.15. The number of nitrogens with zero attached hydrogens (tertiary/aromatic N) is 2. The van der Waals surface area contributed by atoms with E-state index in [2.05, 4.69) is 43.7 Å². The Labute approximate surface area is 114 Å². The number of hydrogen-bond donors (Lipinski definition) is 1. The van der Waals surface area contributed by atoms with Crippen molar-refractivity contribution in [2.24, 2.45) is 0 Å². The Morgan fingerprint density at radius 1 is 1.05 bits per heavy atom. The highest BCUT2D eigenvalue weighted by Crippen LogP contribution is 2.30. The van der Waals surface area contributed by atoms with Gasteiger partial charge in [0.2, 0.25) is 0 Å². The third kappa shape index (κ3) is 2.66. The quantitative estimate of drug-likeness (QED) is 0.918. The van der Waals surface area contributed by atoms with Gasteiger partial charge in [0.05, 0.1) is 12.3 Å². The van der Waals surface area contributed by atoms with Crippen LogP contribution in [0.15, 0.2) is 18.3 Å². The molecule has 0 saturated carbocycles. The lowest BCUT2D eigenvalue weighted by molar-refractivity contribution is 0.296. The predicted octanol–water partition coefficient (Wildman–Crippen LogP) is 2.91. The monoisotopic (exact) mass is 256 g/mol. The molecule has 0 amide bonds. The van der Waals surface area contributed by atoms with E-state index in [-0.39, 0.29) is 6.61 Å². The molecule has 100 valence electrons. The largest absolute Gasteiger partial charge is 0.396 e. The Bertz CT molecular complexity index is 580. The summed E-state index contributed by atoms with van der Waals surface area (Å²) in [6.45, 7) is 8.59. The summed E-state index contributed by atoms with van der Waals surface area (Å²) >= 11 is 0. The third-order valence-electron chi connectivity index (χ3n) is 3.66. The SMILES string of the molecule is Cc1cc(C)c(C)c(-c2ccnc(CCO)n2)c1C. The van der Waals surface area contributed by atoms with Crippen molar-refractivity contribution in [2.45, 2.75) is 34.1 Å². The zero-order valence-corrected chi connectivity index (χ0v) is 12.0. The molecule has 0 spiro atoms. The van der Waals surface area contributed by atoms with Crippen LogP contribution >= 0.6 is 0 Å². The Morgan fingerprint density at radius 3 is 2.26 bits per heavy atom. The summed E-state index contributed by atoms with van der Waals surface area (Å²) in [5, 5.41) is 9.00. The maximum Gasteiger partial charge on any atom is 0.131 e.